The molecule has 4 rings (SSSR count). The van der Waals surface area contributed by atoms with Crippen LogP contribution in [0.3, 0.4) is 0 Å². The molecule has 0 saturated heterocycles. The number of nitro benzene ring substituents is 1. The quantitative estimate of drug-likeness (QED) is 0.454. The molecule has 29 heavy (non-hydrogen) atoms. The Hall–Kier alpha value is -4.14. The number of aromatic nitrogens is 1. The van der Waals surface area contributed by atoms with Crippen molar-refractivity contribution in [2.75, 3.05) is 11.9 Å². The Balaban J connectivity index is 1.85. The number of carbonyl (C=O) groups is 2. The lowest BCUT2D eigenvalue weighted by Crippen LogP contribution is -2.41. The van der Waals surface area contributed by atoms with Crippen molar-refractivity contribution < 1.29 is 19.6 Å². The van der Waals surface area contributed by atoms with Gasteiger partial charge in [0.1, 0.15) is 0 Å². The molecule has 1 aliphatic heterocycles. The number of nitro groups is 1. The summed E-state index contributed by atoms with van der Waals surface area (Å²) in [7, 11) is 0. The second-order valence-electron chi connectivity index (χ2n) is 6.51. The molecule has 9 nitrogen and oxygen atoms in total. The number of non-ortho nitro benzene ring substituents is 1. The molecule has 0 fully saturated rings. The van der Waals surface area contributed by atoms with Gasteiger partial charge in [0.15, 0.2) is 0 Å². The van der Waals surface area contributed by atoms with E-state index in [4.69, 9.17) is 0 Å². The first-order valence-corrected chi connectivity index (χ1v) is 8.82. The van der Waals surface area contributed by atoms with Crippen LogP contribution in [-0.4, -0.2) is 38.5 Å². The normalized spacial score (nSPS) is 13.1. The molecule has 146 valence electrons. The van der Waals surface area contributed by atoms with Crippen LogP contribution in [0, 0.1) is 10.1 Å². The number of nitrogens with one attached hydrogen (secondary N) is 2. The molecule has 1 aliphatic rings. The number of imide groups is 1. The summed E-state index contributed by atoms with van der Waals surface area (Å²) in [4.78, 5) is 38.7. The number of hydrogen-bond donors (Lipinski definition) is 3. The Bertz CT molecular complexity index is 1110. The van der Waals surface area contributed by atoms with Gasteiger partial charge in [-0.2, -0.15) is 0 Å². The largest absolute Gasteiger partial charge is 0.465 e. The predicted octanol–water partition coefficient (Wildman–Crippen LogP) is 4.01. The minimum atomic E-state index is -1.30. The third-order valence-corrected chi connectivity index (χ3v) is 4.76. The van der Waals surface area contributed by atoms with Crippen molar-refractivity contribution >= 4 is 29.1 Å². The first-order chi connectivity index (χ1) is 14.0. The number of carboxylic acid groups (broad SMARTS) is 1. The van der Waals surface area contributed by atoms with E-state index in [1.165, 1.54) is 12.1 Å². The zero-order valence-corrected chi connectivity index (χ0v) is 15.1. The van der Waals surface area contributed by atoms with Crippen molar-refractivity contribution in [3.05, 3.63) is 76.0 Å². The summed E-state index contributed by atoms with van der Waals surface area (Å²) >= 11 is 0. The van der Waals surface area contributed by atoms with Crippen LogP contribution in [0.15, 0.2) is 54.6 Å². The first-order valence-electron chi connectivity index (χ1n) is 8.82. The topological polar surface area (TPSA) is 129 Å². The number of nitrogens with zero attached hydrogens (tertiary/aromatic N) is 2. The van der Waals surface area contributed by atoms with Crippen molar-refractivity contribution in [2.24, 2.45) is 0 Å². The Kier molecular flexibility index (Phi) is 4.47. The molecule has 9 heteroatoms. The monoisotopic (exact) mass is 392 g/mol. The molecule has 0 unspecified atom stereocenters. The van der Waals surface area contributed by atoms with Crippen LogP contribution in [0.25, 0.3) is 11.3 Å². The zero-order chi connectivity index (χ0) is 20.5. The van der Waals surface area contributed by atoms with Crippen molar-refractivity contribution in [3.8, 4) is 11.3 Å². The summed E-state index contributed by atoms with van der Waals surface area (Å²) in [6.07, 6.45) is -0.950. The van der Waals surface area contributed by atoms with E-state index in [1.54, 1.807) is 12.1 Å². The zero-order valence-electron chi connectivity index (χ0n) is 15.1. The van der Waals surface area contributed by atoms with Crippen molar-refractivity contribution in [2.45, 2.75) is 6.42 Å². The minimum Gasteiger partial charge on any atom is -0.465 e. The molecular weight excluding hydrogens is 376 g/mol. The van der Waals surface area contributed by atoms with Crippen LogP contribution in [0.1, 0.15) is 16.1 Å². The molecule has 0 saturated carbocycles. The highest BCUT2D eigenvalue weighted by Crippen LogP contribution is 2.38. The Morgan fingerprint density at radius 1 is 1.14 bits per heavy atom. The van der Waals surface area contributed by atoms with Gasteiger partial charge < -0.3 is 15.4 Å². The summed E-state index contributed by atoms with van der Waals surface area (Å²) in [5.41, 5.74) is 3.20. The van der Waals surface area contributed by atoms with Crippen LogP contribution in [0.5, 0.6) is 0 Å². The number of carbonyl (C=O) groups excluding carboxylic acids is 1. The van der Waals surface area contributed by atoms with Crippen molar-refractivity contribution in [1.82, 2.24) is 9.88 Å². The molecule has 2 heterocycles. The fraction of sp³-hybridized carbons (Fsp3) is 0.100. The molecular formula is C20H16N4O5. The third-order valence-electron chi connectivity index (χ3n) is 4.76. The van der Waals surface area contributed by atoms with Crippen LogP contribution in [-0.2, 0) is 6.42 Å². The van der Waals surface area contributed by atoms with Crippen LogP contribution in [0.4, 0.5) is 21.9 Å². The van der Waals surface area contributed by atoms with Crippen molar-refractivity contribution in [1.29, 1.82) is 0 Å². The van der Waals surface area contributed by atoms with Crippen LogP contribution >= 0.6 is 0 Å². The van der Waals surface area contributed by atoms with E-state index >= 15 is 0 Å². The van der Waals surface area contributed by atoms with Gasteiger partial charge >= 0.3 is 6.09 Å². The number of rotatable bonds is 4. The number of hydrogen-bond acceptors (Lipinski definition) is 5. The summed E-state index contributed by atoms with van der Waals surface area (Å²) in [6, 6.07) is 15.1. The summed E-state index contributed by atoms with van der Waals surface area (Å²) in [5, 5.41) is 23.5. The molecule has 3 aromatic rings. The standard InChI is InChI=1S/C20H16N4O5/c25-19-16-15(10-11-23(19)20(26)27)22-17(12-6-8-14(9-7-12)24(28)29)18(16)21-13-4-2-1-3-5-13/h1-9,21-22H,10-11H2,(H,26,27). The summed E-state index contributed by atoms with van der Waals surface area (Å²) in [5.74, 6) is -0.610. The SMILES string of the molecule is O=C(O)N1CCc2[nH]c(-c3ccc([N+](=O)[O-])cc3)c(Nc3ccccc3)c2C1=O. The fourth-order valence-electron chi connectivity index (χ4n) is 3.38. The lowest BCUT2D eigenvalue weighted by molar-refractivity contribution is -0.384. The van der Waals surface area contributed by atoms with E-state index in [0.717, 1.165) is 10.6 Å². The Morgan fingerprint density at radius 2 is 1.83 bits per heavy atom. The summed E-state index contributed by atoms with van der Waals surface area (Å²) in [6.45, 7) is 0.0617. The van der Waals surface area contributed by atoms with Gasteiger partial charge in [-0.1, -0.05) is 18.2 Å². The van der Waals surface area contributed by atoms with Gasteiger partial charge in [-0.25, -0.2) is 9.69 Å². The maximum atomic E-state index is 12.9. The number of H-pyrrole nitrogens is 1. The molecule has 3 N–H and O–H groups in total. The number of amides is 2. The molecule has 0 bridgehead atoms. The van der Waals surface area contributed by atoms with Gasteiger partial charge in [0.2, 0.25) is 0 Å². The van der Waals surface area contributed by atoms with E-state index in [1.807, 2.05) is 30.3 Å². The van der Waals surface area contributed by atoms with Gasteiger partial charge in [-0.15, -0.1) is 0 Å². The van der Waals surface area contributed by atoms with E-state index in [0.29, 0.717) is 29.1 Å². The maximum absolute atomic E-state index is 12.9. The number of anilines is 2. The van der Waals surface area contributed by atoms with Crippen LogP contribution < -0.4 is 5.32 Å². The van der Waals surface area contributed by atoms with E-state index in [2.05, 4.69) is 10.3 Å². The second-order valence-corrected chi connectivity index (χ2v) is 6.51. The molecule has 2 amide bonds. The van der Waals surface area contributed by atoms with Gasteiger partial charge in [0, 0.05) is 42.0 Å². The van der Waals surface area contributed by atoms with Gasteiger partial charge in [-0.3, -0.25) is 14.9 Å². The molecule has 0 spiro atoms. The average Bonchev–Trinajstić information content (AvgIpc) is 3.08. The Labute approximate surface area is 164 Å². The number of fused-ring (bicyclic) bond motifs is 1. The molecule has 0 aliphatic carbocycles. The van der Waals surface area contributed by atoms with E-state index < -0.39 is 16.9 Å². The predicted molar refractivity (Wildman–Crippen MR) is 105 cm³/mol. The highest BCUT2D eigenvalue weighted by atomic mass is 16.6. The van der Waals surface area contributed by atoms with Gasteiger partial charge in [0.25, 0.3) is 11.6 Å². The maximum Gasteiger partial charge on any atom is 0.414 e. The first kappa shape index (κ1) is 18.2. The number of para-hydroxylation sites is 1. The number of aromatic amines is 1. The molecule has 1 aromatic heterocycles. The minimum absolute atomic E-state index is 0.0456. The highest BCUT2D eigenvalue weighted by molar-refractivity contribution is 6.10. The van der Waals surface area contributed by atoms with E-state index in [9.17, 15) is 24.8 Å². The molecule has 0 radical (unpaired) electrons. The second kappa shape index (κ2) is 7.12. The third kappa shape index (κ3) is 3.29. The van der Waals surface area contributed by atoms with Gasteiger partial charge in [0.05, 0.1) is 21.9 Å². The lowest BCUT2D eigenvalue weighted by Gasteiger charge is -2.23. The van der Waals surface area contributed by atoms with Crippen LogP contribution in [0.2, 0.25) is 0 Å². The Morgan fingerprint density at radius 3 is 2.45 bits per heavy atom. The molecule has 2 aromatic carbocycles. The fourth-order valence-corrected chi connectivity index (χ4v) is 3.38. The smallest absolute Gasteiger partial charge is 0.414 e. The summed E-state index contributed by atoms with van der Waals surface area (Å²) < 4.78 is 0. The number of benzene rings is 2. The van der Waals surface area contributed by atoms with E-state index in [-0.39, 0.29) is 17.8 Å². The van der Waals surface area contributed by atoms with Gasteiger partial charge in [-0.05, 0) is 24.3 Å². The van der Waals surface area contributed by atoms with Crippen molar-refractivity contribution in [3.63, 3.8) is 0 Å². The highest BCUT2D eigenvalue weighted by Gasteiger charge is 2.34. The molecule has 0 atom stereocenters. The average molecular weight is 392 g/mol. The lowest BCUT2D eigenvalue weighted by atomic mass is 10.0.